The molecule has 2 saturated heterocycles. The molecule has 2 aromatic rings. The number of amides is 2. The largest absolute Gasteiger partial charge is 0.297 e. The van der Waals surface area contributed by atoms with Crippen molar-refractivity contribution in [2.75, 3.05) is 31.1 Å². The van der Waals surface area contributed by atoms with Crippen LogP contribution in [0.4, 0.5) is 5.69 Å². The summed E-state index contributed by atoms with van der Waals surface area (Å²) in [5.41, 5.74) is 4.14. The molecule has 5 heteroatoms. The topological polar surface area (TPSA) is 43.9 Å². The predicted octanol–water partition coefficient (Wildman–Crippen LogP) is 2.75. The summed E-state index contributed by atoms with van der Waals surface area (Å²) in [6, 6.07) is 15.9. The van der Waals surface area contributed by atoms with Gasteiger partial charge in [-0.15, -0.1) is 0 Å². The molecule has 1 unspecified atom stereocenters. The van der Waals surface area contributed by atoms with E-state index in [1.165, 1.54) is 10.5 Å². The van der Waals surface area contributed by atoms with Gasteiger partial charge in [-0.25, -0.2) is 4.90 Å². The normalized spacial score (nSPS) is 21.5. The maximum Gasteiger partial charge on any atom is 0.251 e. The van der Waals surface area contributed by atoms with Crippen LogP contribution < -0.4 is 4.90 Å². The van der Waals surface area contributed by atoms with Crippen molar-refractivity contribution in [2.45, 2.75) is 32.9 Å². The molecule has 2 aromatic carbocycles. The Bertz CT molecular complexity index is 873. The van der Waals surface area contributed by atoms with E-state index in [9.17, 15) is 9.59 Å². The first-order chi connectivity index (χ1) is 13.5. The first-order valence-corrected chi connectivity index (χ1v) is 9.98. The van der Waals surface area contributed by atoms with E-state index in [4.69, 9.17) is 0 Å². The molecule has 146 valence electrons. The summed E-state index contributed by atoms with van der Waals surface area (Å²) in [4.78, 5) is 31.8. The Balaban J connectivity index is 1.41. The van der Waals surface area contributed by atoms with Gasteiger partial charge in [-0.1, -0.05) is 42.5 Å². The average molecular weight is 377 g/mol. The second-order valence-electron chi connectivity index (χ2n) is 7.80. The average Bonchev–Trinajstić information content (AvgIpc) is 3.00. The summed E-state index contributed by atoms with van der Waals surface area (Å²) in [6.07, 6.45) is 0.283. The van der Waals surface area contributed by atoms with Crippen molar-refractivity contribution >= 4 is 17.5 Å². The van der Waals surface area contributed by atoms with Gasteiger partial charge in [0, 0.05) is 32.7 Å². The van der Waals surface area contributed by atoms with Crippen molar-refractivity contribution < 1.29 is 9.59 Å². The zero-order chi connectivity index (χ0) is 19.7. The number of rotatable bonds is 4. The van der Waals surface area contributed by atoms with Crippen LogP contribution in [0.1, 0.15) is 23.1 Å². The highest BCUT2D eigenvalue weighted by Gasteiger charge is 2.43. The van der Waals surface area contributed by atoms with Crippen molar-refractivity contribution in [2.24, 2.45) is 0 Å². The van der Waals surface area contributed by atoms with Crippen LogP contribution in [0, 0.1) is 13.8 Å². The Morgan fingerprint density at radius 3 is 2.32 bits per heavy atom. The van der Waals surface area contributed by atoms with Crippen LogP contribution in [-0.2, 0) is 16.1 Å². The molecular weight excluding hydrogens is 350 g/mol. The van der Waals surface area contributed by atoms with Crippen LogP contribution in [0.25, 0.3) is 0 Å². The monoisotopic (exact) mass is 377 g/mol. The van der Waals surface area contributed by atoms with Gasteiger partial charge in [0.05, 0.1) is 18.2 Å². The summed E-state index contributed by atoms with van der Waals surface area (Å²) in [7, 11) is 0. The lowest BCUT2D eigenvalue weighted by atomic mass is 10.1. The fourth-order valence-corrected chi connectivity index (χ4v) is 4.21. The number of benzene rings is 2. The van der Waals surface area contributed by atoms with Crippen LogP contribution in [-0.4, -0.2) is 53.8 Å². The third-order valence-electron chi connectivity index (χ3n) is 6.04. The number of imide groups is 1. The molecule has 0 bridgehead atoms. The SMILES string of the molecule is Cc1cccc(N2C(=O)CC(N3CCN(Cc4ccccc4)CC3)C2=O)c1C. The molecule has 0 aromatic heterocycles. The van der Waals surface area contributed by atoms with Gasteiger partial charge in [-0.3, -0.25) is 19.4 Å². The molecule has 4 rings (SSSR count). The highest BCUT2D eigenvalue weighted by Crippen LogP contribution is 2.30. The number of anilines is 1. The van der Waals surface area contributed by atoms with E-state index in [-0.39, 0.29) is 24.3 Å². The maximum atomic E-state index is 13.1. The standard InChI is InChI=1S/C23H27N3O2/c1-17-7-6-10-20(18(17)2)26-22(27)15-21(23(26)28)25-13-11-24(12-14-25)16-19-8-4-3-5-9-19/h3-10,21H,11-16H2,1-2H3. The summed E-state index contributed by atoms with van der Waals surface area (Å²) in [6.45, 7) is 8.37. The Hall–Kier alpha value is -2.50. The molecule has 2 aliphatic heterocycles. The van der Waals surface area contributed by atoms with E-state index >= 15 is 0 Å². The highest BCUT2D eigenvalue weighted by molar-refractivity contribution is 6.22. The molecule has 0 N–H and O–H groups in total. The molecule has 2 amide bonds. The summed E-state index contributed by atoms with van der Waals surface area (Å²) >= 11 is 0. The Kier molecular flexibility index (Phi) is 5.29. The van der Waals surface area contributed by atoms with Crippen LogP contribution >= 0.6 is 0 Å². The second-order valence-corrected chi connectivity index (χ2v) is 7.80. The van der Waals surface area contributed by atoms with Crippen LogP contribution in [0.5, 0.6) is 0 Å². The van der Waals surface area contributed by atoms with Crippen LogP contribution in [0.15, 0.2) is 48.5 Å². The lowest BCUT2D eigenvalue weighted by molar-refractivity contribution is -0.123. The zero-order valence-electron chi connectivity index (χ0n) is 16.6. The molecule has 5 nitrogen and oxygen atoms in total. The number of aryl methyl sites for hydroxylation is 1. The van der Waals surface area contributed by atoms with E-state index in [0.29, 0.717) is 0 Å². The Morgan fingerprint density at radius 2 is 1.61 bits per heavy atom. The van der Waals surface area contributed by atoms with E-state index in [0.717, 1.165) is 49.5 Å². The number of nitrogens with zero attached hydrogens (tertiary/aromatic N) is 3. The van der Waals surface area contributed by atoms with Gasteiger partial charge in [-0.05, 0) is 36.6 Å². The summed E-state index contributed by atoms with van der Waals surface area (Å²) in [5, 5.41) is 0. The highest BCUT2D eigenvalue weighted by atomic mass is 16.2. The first-order valence-electron chi connectivity index (χ1n) is 9.98. The summed E-state index contributed by atoms with van der Waals surface area (Å²) < 4.78 is 0. The van der Waals surface area contributed by atoms with Gasteiger partial charge < -0.3 is 0 Å². The molecule has 0 radical (unpaired) electrons. The van der Waals surface area contributed by atoms with Crippen LogP contribution in [0.2, 0.25) is 0 Å². The van der Waals surface area contributed by atoms with Gasteiger partial charge in [0.15, 0.2) is 0 Å². The number of carbonyl (C=O) groups is 2. The number of hydrogen-bond donors (Lipinski definition) is 0. The fraction of sp³-hybridized carbons (Fsp3) is 0.391. The number of hydrogen-bond acceptors (Lipinski definition) is 4. The Labute approximate surface area is 166 Å². The van der Waals surface area contributed by atoms with Crippen molar-refractivity contribution in [3.05, 3.63) is 65.2 Å². The van der Waals surface area contributed by atoms with Gasteiger partial charge in [0.2, 0.25) is 5.91 Å². The molecular formula is C23H27N3O2. The zero-order valence-corrected chi connectivity index (χ0v) is 16.6. The molecule has 0 spiro atoms. The minimum atomic E-state index is -0.328. The van der Waals surface area contributed by atoms with Gasteiger partial charge in [-0.2, -0.15) is 0 Å². The maximum absolute atomic E-state index is 13.1. The number of piperazine rings is 1. The van der Waals surface area contributed by atoms with Gasteiger partial charge >= 0.3 is 0 Å². The third kappa shape index (κ3) is 3.60. The quantitative estimate of drug-likeness (QED) is 0.769. The molecule has 0 saturated carbocycles. The minimum absolute atomic E-state index is 0.0739. The molecule has 2 fully saturated rings. The van der Waals surface area contributed by atoms with Crippen molar-refractivity contribution in [1.29, 1.82) is 0 Å². The molecule has 28 heavy (non-hydrogen) atoms. The number of carbonyl (C=O) groups excluding carboxylic acids is 2. The molecule has 0 aliphatic carbocycles. The van der Waals surface area contributed by atoms with Gasteiger partial charge in [0.1, 0.15) is 0 Å². The molecule has 2 heterocycles. The second kappa shape index (κ2) is 7.86. The third-order valence-corrected chi connectivity index (χ3v) is 6.04. The van der Waals surface area contributed by atoms with E-state index in [1.54, 1.807) is 0 Å². The lowest BCUT2D eigenvalue weighted by Crippen LogP contribution is -2.52. The van der Waals surface area contributed by atoms with E-state index < -0.39 is 0 Å². The van der Waals surface area contributed by atoms with Crippen molar-refractivity contribution in [3.63, 3.8) is 0 Å². The van der Waals surface area contributed by atoms with Gasteiger partial charge in [0.25, 0.3) is 5.91 Å². The fourth-order valence-electron chi connectivity index (χ4n) is 4.21. The van der Waals surface area contributed by atoms with Crippen LogP contribution in [0.3, 0.4) is 0 Å². The lowest BCUT2D eigenvalue weighted by Gasteiger charge is -2.37. The molecule has 1 atom stereocenters. The summed E-state index contributed by atoms with van der Waals surface area (Å²) in [5.74, 6) is -0.161. The van der Waals surface area contributed by atoms with Crippen molar-refractivity contribution in [3.8, 4) is 0 Å². The van der Waals surface area contributed by atoms with E-state index in [1.807, 2.05) is 38.1 Å². The van der Waals surface area contributed by atoms with Crippen molar-refractivity contribution in [1.82, 2.24) is 9.80 Å². The van der Waals surface area contributed by atoms with E-state index in [2.05, 4.69) is 34.1 Å². The molecule has 2 aliphatic rings. The minimum Gasteiger partial charge on any atom is -0.297 e. The first kappa shape index (κ1) is 18.8. The smallest absolute Gasteiger partial charge is 0.251 e. The Morgan fingerprint density at radius 1 is 0.893 bits per heavy atom. The predicted molar refractivity (Wildman–Crippen MR) is 110 cm³/mol.